The Morgan fingerprint density at radius 1 is 0.943 bits per heavy atom. The molecule has 186 valence electrons. The summed E-state index contributed by atoms with van der Waals surface area (Å²) in [4.78, 5) is 0.472. The normalized spacial score (nSPS) is 20.1. The molecule has 0 saturated carbocycles. The van der Waals surface area contributed by atoms with Gasteiger partial charge >= 0.3 is 6.36 Å². The van der Waals surface area contributed by atoms with Gasteiger partial charge in [0.15, 0.2) is 0 Å². The molecular formula is C27H27ClF3NO2S. The van der Waals surface area contributed by atoms with Gasteiger partial charge in [0, 0.05) is 23.5 Å². The van der Waals surface area contributed by atoms with E-state index in [-0.39, 0.29) is 17.2 Å². The summed E-state index contributed by atoms with van der Waals surface area (Å²) in [5.41, 5.74) is 12.0. The smallest absolute Gasteiger partial charge is 0.404 e. The zero-order chi connectivity index (χ0) is 25.0. The van der Waals surface area contributed by atoms with E-state index in [0.717, 1.165) is 38.4 Å². The average Bonchev–Trinajstić information content (AvgIpc) is 2.98. The van der Waals surface area contributed by atoms with E-state index in [2.05, 4.69) is 65.9 Å². The average molecular weight is 522 g/mol. The molecular weight excluding hydrogens is 495 g/mol. The molecule has 0 radical (unpaired) electrons. The van der Waals surface area contributed by atoms with Crippen LogP contribution in [0.15, 0.2) is 71.6 Å². The lowest BCUT2D eigenvalue weighted by Crippen LogP contribution is -2.38. The molecule has 1 aliphatic carbocycles. The molecule has 2 aliphatic rings. The van der Waals surface area contributed by atoms with Crippen molar-refractivity contribution in [3.8, 4) is 5.75 Å². The van der Waals surface area contributed by atoms with Crippen molar-refractivity contribution in [1.82, 2.24) is 0 Å². The van der Waals surface area contributed by atoms with E-state index in [1.54, 1.807) is 0 Å². The molecule has 0 bridgehead atoms. The number of rotatable bonds is 2. The van der Waals surface area contributed by atoms with Crippen molar-refractivity contribution in [3.63, 3.8) is 0 Å². The summed E-state index contributed by atoms with van der Waals surface area (Å²) < 4.78 is 45.0. The number of nitrogens with two attached hydrogens (primary N) is 1. The topological polar surface area (TPSA) is 44.5 Å². The van der Waals surface area contributed by atoms with Crippen LogP contribution in [0.5, 0.6) is 5.75 Å². The van der Waals surface area contributed by atoms with Gasteiger partial charge in [-0.25, -0.2) is 0 Å². The van der Waals surface area contributed by atoms with Crippen molar-refractivity contribution in [2.45, 2.75) is 55.0 Å². The van der Waals surface area contributed by atoms with Gasteiger partial charge in [0.1, 0.15) is 5.75 Å². The molecule has 0 amide bonds. The van der Waals surface area contributed by atoms with Gasteiger partial charge in [0.2, 0.25) is 0 Å². The number of hydrogen-bond donors (Lipinski definition) is 2. The van der Waals surface area contributed by atoms with Gasteiger partial charge in [-0.15, -0.1) is 25.8 Å². The van der Waals surface area contributed by atoms with Crippen LogP contribution in [-0.2, 0) is 17.6 Å². The molecule has 3 aromatic rings. The van der Waals surface area contributed by atoms with E-state index in [0.29, 0.717) is 10.8 Å². The maximum absolute atomic E-state index is 11.7. The van der Waals surface area contributed by atoms with Crippen LogP contribution in [0.2, 0.25) is 5.02 Å². The minimum Gasteiger partial charge on any atom is -0.404 e. The standard InChI is InChI=1S/C20H23NO.C7H4ClF3OS/c21-16-11-12-22-19(13-16)20-17-7-3-1-5-14(17)9-10-15-6-2-4-8-18(15)20;8-5-3-4(13)1-2-6(5)12-7(9,10)11/h1-8,16,19-20H,9-13,21H2;1-3,13H. The Morgan fingerprint density at radius 2 is 1.54 bits per heavy atom. The van der Waals surface area contributed by atoms with E-state index in [1.807, 2.05) is 0 Å². The number of fused-ring (bicyclic) bond motifs is 2. The van der Waals surface area contributed by atoms with Crippen LogP contribution in [0, 0.1) is 0 Å². The summed E-state index contributed by atoms with van der Waals surface area (Å²) in [6.07, 6.45) is -0.365. The van der Waals surface area contributed by atoms with Crippen LogP contribution in [0.25, 0.3) is 0 Å². The summed E-state index contributed by atoms with van der Waals surface area (Å²) in [6.45, 7) is 0.784. The second-order valence-electron chi connectivity index (χ2n) is 8.73. The second kappa shape index (κ2) is 11.2. The third-order valence-electron chi connectivity index (χ3n) is 6.31. The molecule has 8 heteroatoms. The number of alkyl halides is 3. The molecule has 1 heterocycles. The zero-order valence-corrected chi connectivity index (χ0v) is 20.6. The fourth-order valence-electron chi connectivity index (χ4n) is 4.75. The number of aryl methyl sites for hydroxylation is 2. The molecule has 2 atom stereocenters. The van der Waals surface area contributed by atoms with E-state index in [1.165, 1.54) is 34.4 Å². The highest BCUT2D eigenvalue weighted by Gasteiger charge is 2.34. The largest absolute Gasteiger partial charge is 0.573 e. The predicted molar refractivity (Wildman–Crippen MR) is 134 cm³/mol. The summed E-state index contributed by atoms with van der Waals surface area (Å²) >= 11 is 9.35. The lowest BCUT2D eigenvalue weighted by molar-refractivity contribution is -0.274. The molecule has 2 N–H and O–H groups in total. The monoisotopic (exact) mass is 521 g/mol. The first-order chi connectivity index (χ1) is 16.7. The summed E-state index contributed by atoms with van der Waals surface area (Å²) in [7, 11) is 0. The molecule has 35 heavy (non-hydrogen) atoms. The van der Waals surface area contributed by atoms with E-state index < -0.39 is 12.1 Å². The van der Waals surface area contributed by atoms with Crippen LogP contribution in [0.4, 0.5) is 13.2 Å². The van der Waals surface area contributed by atoms with Crippen LogP contribution in [-0.4, -0.2) is 25.1 Å². The first-order valence-electron chi connectivity index (χ1n) is 11.5. The fourth-order valence-corrected chi connectivity index (χ4v) is 5.25. The Hall–Kier alpha value is -2.19. The number of halogens is 4. The van der Waals surface area contributed by atoms with Gasteiger partial charge in [-0.2, -0.15) is 0 Å². The van der Waals surface area contributed by atoms with Crippen LogP contribution in [0.3, 0.4) is 0 Å². The summed E-state index contributed by atoms with van der Waals surface area (Å²) in [5, 5.41) is -0.121. The number of benzene rings is 3. The van der Waals surface area contributed by atoms with Gasteiger partial charge in [0.25, 0.3) is 0 Å². The van der Waals surface area contributed by atoms with E-state index in [9.17, 15) is 13.2 Å². The van der Waals surface area contributed by atoms with Crippen molar-refractivity contribution in [2.75, 3.05) is 6.61 Å². The minimum atomic E-state index is -4.72. The second-order valence-corrected chi connectivity index (χ2v) is 9.66. The Balaban J connectivity index is 0.000000191. The van der Waals surface area contributed by atoms with Crippen molar-refractivity contribution in [3.05, 3.63) is 94.0 Å². The third kappa shape index (κ3) is 6.73. The molecule has 1 saturated heterocycles. The summed E-state index contributed by atoms with van der Waals surface area (Å²) in [5.74, 6) is -0.104. The van der Waals surface area contributed by atoms with Crippen LogP contribution in [0.1, 0.15) is 41.0 Å². The first-order valence-corrected chi connectivity index (χ1v) is 12.3. The minimum absolute atomic E-state index is 0.121. The van der Waals surface area contributed by atoms with E-state index in [4.69, 9.17) is 22.1 Å². The molecule has 1 aliphatic heterocycles. The number of thiol groups is 1. The zero-order valence-electron chi connectivity index (χ0n) is 19.0. The molecule has 0 aromatic heterocycles. The lowest BCUT2D eigenvalue weighted by atomic mass is 9.81. The Kier molecular flexibility index (Phi) is 8.32. The maximum Gasteiger partial charge on any atom is 0.573 e. The van der Waals surface area contributed by atoms with Crippen LogP contribution < -0.4 is 10.5 Å². The van der Waals surface area contributed by atoms with Gasteiger partial charge in [0.05, 0.1) is 11.1 Å². The van der Waals surface area contributed by atoms with Gasteiger partial charge < -0.3 is 15.2 Å². The number of ether oxygens (including phenoxy) is 2. The highest BCUT2D eigenvalue weighted by atomic mass is 35.5. The molecule has 0 spiro atoms. The third-order valence-corrected chi connectivity index (χ3v) is 6.89. The van der Waals surface area contributed by atoms with Crippen molar-refractivity contribution < 1.29 is 22.6 Å². The van der Waals surface area contributed by atoms with Crippen molar-refractivity contribution in [1.29, 1.82) is 0 Å². The summed E-state index contributed by atoms with van der Waals surface area (Å²) in [6, 6.07) is 21.7. The Morgan fingerprint density at radius 3 is 2.09 bits per heavy atom. The Bertz CT molecular complexity index is 1110. The van der Waals surface area contributed by atoms with Crippen molar-refractivity contribution in [2.24, 2.45) is 5.73 Å². The quantitative estimate of drug-likeness (QED) is 0.359. The van der Waals surface area contributed by atoms with Gasteiger partial charge in [-0.3, -0.25) is 0 Å². The molecule has 1 fully saturated rings. The molecule has 3 aromatic carbocycles. The molecule has 5 rings (SSSR count). The van der Waals surface area contributed by atoms with Crippen LogP contribution >= 0.6 is 24.2 Å². The predicted octanol–water partition coefficient (Wildman–Crippen LogP) is 6.95. The number of hydrogen-bond acceptors (Lipinski definition) is 4. The van der Waals surface area contributed by atoms with Gasteiger partial charge in [-0.05, 0) is 66.1 Å². The van der Waals surface area contributed by atoms with Crippen molar-refractivity contribution >= 4 is 24.2 Å². The lowest BCUT2D eigenvalue weighted by Gasteiger charge is -2.34. The SMILES string of the molecule is FC(F)(F)Oc1ccc(S)cc1Cl.NC1CCOC(C2c3ccccc3CCc3ccccc32)C1. The first kappa shape index (κ1) is 25.9. The molecule has 2 unspecified atom stereocenters. The highest BCUT2D eigenvalue weighted by Crippen LogP contribution is 2.40. The Labute approximate surface area is 213 Å². The van der Waals surface area contributed by atoms with E-state index >= 15 is 0 Å². The fraction of sp³-hybridized carbons (Fsp3) is 0.333. The van der Waals surface area contributed by atoms with Gasteiger partial charge in [-0.1, -0.05) is 60.1 Å². The molecule has 3 nitrogen and oxygen atoms in total. The highest BCUT2D eigenvalue weighted by molar-refractivity contribution is 7.80. The maximum atomic E-state index is 11.7.